The minimum Gasteiger partial charge on any atom is -0.330 e. The topological polar surface area (TPSA) is 37.8 Å². The molecular weight excluding hydrogens is 261 g/mol. The van der Waals surface area contributed by atoms with Gasteiger partial charge in [-0.25, -0.2) is 4.39 Å². The molecule has 0 aliphatic rings. The Bertz CT molecular complexity index is 665. The number of rotatable bonds is 3. The molecule has 1 aromatic heterocycles. The molecule has 94 valence electrons. The average Bonchev–Trinajstić information content (AvgIpc) is 2.89. The fourth-order valence-corrected chi connectivity index (χ4v) is 2.40. The first-order valence-corrected chi connectivity index (χ1v) is 6.54. The second-order valence-electron chi connectivity index (χ2n) is 3.91. The second kappa shape index (κ2) is 5.16. The normalized spacial score (nSPS) is 10.4. The van der Waals surface area contributed by atoms with Gasteiger partial charge in [0.15, 0.2) is 0 Å². The summed E-state index contributed by atoms with van der Waals surface area (Å²) in [6.45, 7) is 0. The highest BCUT2D eigenvalue weighted by atomic mass is 32.1. The molecule has 0 aliphatic carbocycles. The van der Waals surface area contributed by atoms with E-state index in [1.807, 2.05) is 30.3 Å². The standard InChI is InChI=1S/C14H10FN3S/c15-11-8-6-10(7-9-11)13-17-18-14(19-13)16-12-4-2-1-3-5-12/h1-9H,(H,16,18). The molecule has 1 N–H and O–H groups in total. The molecule has 0 bridgehead atoms. The number of benzene rings is 2. The number of para-hydroxylation sites is 1. The van der Waals surface area contributed by atoms with Crippen molar-refractivity contribution in [2.45, 2.75) is 0 Å². The van der Waals surface area contributed by atoms with E-state index < -0.39 is 0 Å². The number of hydrogen-bond acceptors (Lipinski definition) is 4. The fourth-order valence-electron chi connectivity index (χ4n) is 1.63. The summed E-state index contributed by atoms with van der Waals surface area (Å²) in [5, 5.41) is 12.8. The van der Waals surface area contributed by atoms with Crippen molar-refractivity contribution in [1.82, 2.24) is 10.2 Å². The van der Waals surface area contributed by atoms with Crippen molar-refractivity contribution in [2.24, 2.45) is 0 Å². The van der Waals surface area contributed by atoms with Crippen LogP contribution in [0.4, 0.5) is 15.2 Å². The van der Waals surface area contributed by atoms with Crippen LogP contribution in [-0.4, -0.2) is 10.2 Å². The Morgan fingerprint density at radius 1 is 0.895 bits per heavy atom. The van der Waals surface area contributed by atoms with E-state index in [1.54, 1.807) is 12.1 Å². The van der Waals surface area contributed by atoms with Crippen LogP contribution in [0.3, 0.4) is 0 Å². The smallest absolute Gasteiger partial charge is 0.210 e. The number of nitrogens with one attached hydrogen (secondary N) is 1. The van der Waals surface area contributed by atoms with Crippen molar-refractivity contribution >= 4 is 22.2 Å². The van der Waals surface area contributed by atoms with E-state index in [9.17, 15) is 4.39 Å². The lowest BCUT2D eigenvalue weighted by Crippen LogP contribution is -1.87. The molecule has 3 aromatic rings. The zero-order valence-electron chi connectivity index (χ0n) is 9.88. The zero-order valence-corrected chi connectivity index (χ0v) is 10.7. The molecule has 5 heteroatoms. The lowest BCUT2D eigenvalue weighted by atomic mass is 10.2. The van der Waals surface area contributed by atoms with Gasteiger partial charge < -0.3 is 5.32 Å². The zero-order chi connectivity index (χ0) is 13.1. The molecule has 3 rings (SSSR count). The molecule has 0 unspecified atom stereocenters. The molecular formula is C14H10FN3S. The predicted molar refractivity (Wildman–Crippen MR) is 75.0 cm³/mol. The molecule has 0 amide bonds. The van der Waals surface area contributed by atoms with Gasteiger partial charge in [0.2, 0.25) is 5.13 Å². The van der Waals surface area contributed by atoms with Gasteiger partial charge in [0, 0.05) is 11.3 Å². The molecule has 19 heavy (non-hydrogen) atoms. The Hall–Kier alpha value is -2.27. The molecule has 0 atom stereocenters. The van der Waals surface area contributed by atoms with Gasteiger partial charge in [-0.2, -0.15) is 0 Å². The van der Waals surface area contributed by atoms with Crippen LogP contribution in [0.25, 0.3) is 10.6 Å². The molecule has 1 heterocycles. The maximum atomic E-state index is 12.9. The minimum atomic E-state index is -0.254. The predicted octanol–water partition coefficient (Wildman–Crippen LogP) is 4.09. The van der Waals surface area contributed by atoms with Crippen molar-refractivity contribution in [3.63, 3.8) is 0 Å². The van der Waals surface area contributed by atoms with E-state index in [2.05, 4.69) is 15.5 Å². The lowest BCUT2D eigenvalue weighted by molar-refractivity contribution is 0.628. The summed E-state index contributed by atoms with van der Waals surface area (Å²) >= 11 is 1.43. The number of aromatic nitrogens is 2. The molecule has 0 saturated heterocycles. The third-order valence-corrected chi connectivity index (χ3v) is 3.43. The highest BCUT2D eigenvalue weighted by molar-refractivity contribution is 7.18. The van der Waals surface area contributed by atoms with Gasteiger partial charge in [-0.1, -0.05) is 29.5 Å². The first-order valence-electron chi connectivity index (χ1n) is 5.73. The first-order chi connectivity index (χ1) is 9.31. The second-order valence-corrected chi connectivity index (χ2v) is 4.89. The van der Waals surface area contributed by atoms with Crippen LogP contribution in [0.15, 0.2) is 54.6 Å². The molecule has 0 aliphatic heterocycles. The van der Waals surface area contributed by atoms with Gasteiger partial charge in [-0.15, -0.1) is 10.2 Å². The van der Waals surface area contributed by atoms with Crippen LogP contribution in [-0.2, 0) is 0 Å². The summed E-state index contributed by atoms with van der Waals surface area (Å²) in [5.41, 5.74) is 1.82. The molecule has 3 nitrogen and oxygen atoms in total. The van der Waals surface area contributed by atoms with Gasteiger partial charge in [-0.3, -0.25) is 0 Å². The van der Waals surface area contributed by atoms with Gasteiger partial charge in [0.25, 0.3) is 0 Å². The fraction of sp³-hybridized carbons (Fsp3) is 0. The van der Waals surface area contributed by atoms with Gasteiger partial charge >= 0.3 is 0 Å². The van der Waals surface area contributed by atoms with Crippen molar-refractivity contribution < 1.29 is 4.39 Å². The van der Waals surface area contributed by atoms with Crippen molar-refractivity contribution in [3.05, 3.63) is 60.4 Å². The van der Waals surface area contributed by atoms with Gasteiger partial charge in [0.05, 0.1) is 0 Å². The third kappa shape index (κ3) is 2.77. The summed E-state index contributed by atoms with van der Waals surface area (Å²) in [6, 6.07) is 16.0. The van der Waals surface area contributed by atoms with Crippen LogP contribution >= 0.6 is 11.3 Å². The summed E-state index contributed by atoms with van der Waals surface area (Å²) in [5.74, 6) is -0.254. The average molecular weight is 271 g/mol. The SMILES string of the molecule is Fc1ccc(-c2nnc(Nc3ccccc3)s2)cc1. The maximum Gasteiger partial charge on any atom is 0.210 e. The number of nitrogens with zero attached hydrogens (tertiary/aromatic N) is 2. The minimum absolute atomic E-state index is 0.254. The van der Waals surface area contributed by atoms with E-state index in [0.717, 1.165) is 16.3 Å². The van der Waals surface area contributed by atoms with Crippen molar-refractivity contribution in [2.75, 3.05) is 5.32 Å². The van der Waals surface area contributed by atoms with E-state index in [0.29, 0.717) is 5.13 Å². The summed E-state index contributed by atoms with van der Waals surface area (Å²) in [7, 11) is 0. The van der Waals surface area contributed by atoms with Crippen LogP contribution < -0.4 is 5.32 Å². The Kier molecular flexibility index (Phi) is 3.20. The monoisotopic (exact) mass is 271 g/mol. The summed E-state index contributed by atoms with van der Waals surface area (Å²) in [6.07, 6.45) is 0. The van der Waals surface area contributed by atoms with Crippen LogP contribution in [0, 0.1) is 5.82 Å². The molecule has 0 fully saturated rings. The van der Waals surface area contributed by atoms with Crippen LogP contribution in [0.1, 0.15) is 0 Å². The van der Waals surface area contributed by atoms with E-state index in [-0.39, 0.29) is 5.82 Å². The highest BCUT2D eigenvalue weighted by Gasteiger charge is 2.06. The Morgan fingerprint density at radius 2 is 1.63 bits per heavy atom. The van der Waals surface area contributed by atoms with E-state index >= 15 is 0 Å². The van der Waals surface area contributed by atoms with Crippen molar-refractivity contribution in [3.8, 4) is 10.6 Å². The number of hydrogen-bond donors (Lipinski definition) is 1. The lowest BCUT2D eigenvalue weighted by Gasteiger charge is -1.99. The van der Waals surface area contributed by atoms with Crippen LogP contribution in [0.5, 0.6) is 0 Å². The Balaban J connectivity index is 1.82. The Labute approximate surface area is 113 Å². The van der Waals surface area contributed by atoms with E-state index in [1.165, 1.54) is 23.5 Å². The van der Waals surface area contributed by atoms with Crippen molar-refractivity contribution in [1.29, 1.82) is 0 Å². The van der Waals surface area contributed by atoms with Gasteiger partial charge in [0.1, 0.15) is 10.8 Å². The van der Waals surface area contributed by atoms with Crippen LogP contribution in [0.2, 0.25) is 0 Å². The third-order valence-electron chi connectivity index (χ3n) is 2.54. The van der Waals surface area contributed by atoms with E-state index in [4.69, 9.17) is 0 Å². The maximum absolute atomic E-state index is 12.9. The molecule has 0 saturated carbocycles. The Morgan fingerprint density at radius 3 is 2.37 bits per heavy atom. The molecule has 0 radical (unpaired) electrons. The largest absolute Gasteiger partial charge is 0.330 e. The summed E-state index contributed by atoms with van der Waals surface area (Å²) in [4.78, 5) is 0. The first kappa shape index (κ1) is 11.8. The van der Waals surface area contributed by atoms with Gasteiger partial charge in [-0.05, 0) is 36.4 Å². The highest BCUT2D eigenvalue weighted by Crippen LogP contribution is 2.28. The number of halogens is 1. The quantitative estimate of drug-likeness (QED) is 0.779. The molecule has 2 aromatic carbocycles. The number of anilines is 2. The summed E-state index contributed by atoms with van der Waals surface area (Å²) < 4.78 is 12.9. The molecule has 0 spiro atoms.